The summed E-state index contributed by atoms with van der Waals surface area (Å²) in [7, 11) is 1.64. The molecule has 132 valence electrons. The largest absolute Gasteiger partial charge is 0.465 e. The molecule has 0 bridgehead atoms. The molecule has 0 unspecified atom stereocenters. The zero-order valence-electron chi connectivity index (χ0n) is 14.7. The van der Waals surface area contributed by atoms with Crippen LogP contribution < -0.4 is 0 Å². The Bertz CT molecular complexity index is 535. The second kappa shape index (κ2) is 7.53. The third-order valence-corrected chi connectivity index (χ3v) is 5.78. The summed E-state index contributed by atoms with van der Waals surface area (Å²) in [5, 5.41) is 8.99. The Morgan fingerprint density at radius 2 is 1.75 bits per heavy atom. The van der Waals surface area contributed by atoms with E-state index >= 15 is 0 Å². The van der Waals surface area contributed by atoms with Crippen molar-refractivity contribution >= 4 is 6.09 Å². The fourth-order valence-corrected chi connectivity index (χ4v) is 4.21. The summed E-state index contributed by atoms with van der Waals surface area (Å²) >= 11 is 0. The lowest BCUT2D eigenvalue weighted by Crippen LogP contribution is -2.53. The number of carboxylic acid groups (broad SMARTS) is 1. The SMILES string of the molecule is CN(CCN1CCC(c2ccccc2)(N2CCCC2)CC1)C(=O)O. The van der Waals surface area contributed by atoms with Crippen LogP contribution in [0.5, 0.6) is 0 Å². The third kappa shape index (κ3) is 3.57. The molecule has 2 aliphatic rings. The fourth-order valence-electron chi connectivity index (χ4n) is 4.21. The van der Waals surface area contributed by atoms with Gasteiger partial charge in [-0.2, -0.15) is 0 Å². The van der Waals surface area contributed by atoms with E-state index < -0.39 is 6.09 Å². The van der Waals surface area contributed by atoms with Crippen LogP contribution in [-0.4, -0.2) is 72.2 Å². The minimum atomic E-state index is -0.845. The molecule has 1 N–H and O–H groups in total. The van der Waals surface area contributed by atoms with Gasteiger partial charge in [-0.3, -0.25) is 4.90 Å². The second-order valence-corrected chi connectivity index (χ2v) is 7.14. The minimum absolute atomic E-state index is 0.174. The van der Waals surface area contributed by atoms with Crippen molar-refractivity contribution in [1.29, 1.82) is 0 Å². The van der Waals surface area contributed by atoms with Gasteiger partial charge < -0.3 is 14.9 Å². The highest BCUT2D eigenvalue weighted by Crippen LogP contribution is 2.40. The van der Waals surface area contributed by atoms with Gasteiger partial charge in [-0.05, 0) is 44.3 Å². The first-order chi connectivity index (χ1) is 11.6. The number of rotatable bonds is 5. The van der Waals surface area contributed by atoms with Gasteiger partial charge >= 0.3 is 6.09 Å². The van der Waals surface area contributed by atoms with Crippen LogP contribution in [0.1, 0.15) is 31.2 Å². The van der Waals surface area contributed by atoms with Crippen molar-refractivity contribution in [3.05, 3.63) is 35.9 Å². The van der Waals surface area contributed by atoms with Crippen LogP contribution in [0, 0.1) is 0 Å². The summed E-state index contributed by atoms with van der Waals surface area (Å²) in [6, 6.07) is 11.0. The Morgan fingerprint density at radius 1 is 1.12 bits per heavy atom. The molecule has 2 aliphatic heterocycles. The summed E-state index contributed by atoms with van der Waals surface area (Å²) in [5.41, 5.74) is 1.63. The molecule has 5 heteroatoms. The lowest BCUT2D eigenvalue weighted by Gasteiger charge is -2.48. The van der Waals surface area contributed by atoms with E-state index in [9.17, 15) is 4.79 Å². The maximum atomic E-state index is 10.9. The average molecular weight is 331 g/mol. The molecule has 0 atom stereocenters. The van der Waals surface area contributed by atoms with Gasteiger partial charge in [0, 0.05) is 38.8 Å². The second-order valence-electron chi connectivity index (χ2n) is 7.14. The topological polar surface area (TPSA) is 47.0 Å². The van der Waals surface area contributed by atoms with Crippen LogP contribution in [0.2, 0.25) is 0 Å². The molecule has 0 saturated carbocycles. The van der Waals surface area contributed by atoms with Crippen LogP contribution in [0.15, 0.2) is 30.3 Å². The number of hydrogen-bond donors (Lipinski definition) is 1. The summed E-state index contributed by atoms with van der Waals surface area (Å²) < 4.78 is 0. The molecule has 2 heterocycles. The molecular formula is C19H29N3O2. The molecule has 0 radical (unpaired) electrons. The molecule has 1 amide bonds. The average Bonchev–Trinajstić information content (AvgIpc) is 3.16. The molecule has 1 aromatic carbocycles. The van der Waals surface area contributed by atoms with Crippen LogP contribution in [0.25, 0.3) is 0 Å². The first kappa shape index (κ1) is 17.2. The molecule has 2 fully saturated rings. The monoisotopic (exact) mass is 331 g/mol. The van der Waals surface area contributed by atoms with Crippen molar-refractivity contribution in [1.82, 2.24) is 14.7 Å². The predicted octanol–water partition coefficient (Wildman–Crippen LogP) is 2.68. The normalized spacial score (nSPS) is 21.7. The summed E-state index contributed by atoms with van der Waals surface area (Å²) in [6.07, 6.45) is 4.04. The molecular weight excluding hydrogens is 302 g/mol. The van der Waals surface area contributed by atoms with Gasteiger partial charge in [-0.1, -0.05) is 30.3 Å². The van der Waals surface area contributed by atoms with E-state index in [4.69, 9.17) is 5.11 Å². The van der Waals surface area contributed by atoms with E-state index in [1.807, 2.05) is 0 Å². The molecule has 0 aliphatic carbocycles. The van der Waals surface area contributed by atoms with E-state index in [2.05, 4.69) is 40.1 Å². The van der Waals surface area contributed by atoms with Crippen molar-refractivity contribution in [2.24, 2.45) is 0 Å². The van der Waals surface area contributed by atoms with Gasteiger partial charge in [0.2, 0.25) is 0 Å². The van der Waals surface area contributed by atoms with Gasteiger partial charge in [0.25, 0.3) is 0 Å². The highest BCUT2D eigenvalue weighted by molar-refractivity contribution is 5.64. The number of likely N-dealkylation sites (tertiary alicyclic amines) is 2. The quantitative estimate of drug-likeness (QED) is 0.901. The number of hydrogen-bond acceptors (Lipinski definition) is 3. The van der Waals surface area contributed by atoms with Crippen molar-refractivity contribution in [3.8, 4) is 0 Å². The number of amides is 1. The maximum Gasteiger partial charge on any atom is 0.407 e. The lowest BCUT2D eigenvalue weighted by molar-refractivity contribution is 0.0319. The standard InChI is InChI=1S/C19H29N3O2/c1-20(18(23)24)15-16-21-13-9-19(10-14-21,22-11-5-6-12-22)17-7-3-2-4-8-17/h2-4,7-8H,5-6,9-16H2,1H3,(H,23,24). The molecule has 24 heavy (non-hydrogen) atoms. The van der Waals surface area contributed by atoms with E-state index in [0.29, 0.717) is 6.54 Å². The number of benzene rings is 1. The zero-order valence-corrected chi connectivity index (χ0v) is 14.7. The van der Waals surface area contributed by atoms with Crippen LogP contribution in [0.3, 0.4) is 0 Å². The smallest absolute Gasteiger partial charge is 0.407 e. The number of nitrogens with zero attached hydrogens (tertiary/aromatic N) is 3. The molecule has 0 spiro atoms. The summed E-state index contributed by atoms with van der Waals surface area (Å²) in [6.45, 7) is 5.90. The van der Waals surface area contributed by atoms with Gasteiger partial charge in [-0.25, -0.2) is 4.79 Å². The zero-order chi connectivity index (χ0) is 17.0. The number of piperidine rings is 1. The van der Waals surface area contributed by atoms with Gasteiger partial charge in [0.1, 0.15) is 0 Å². The van der Waals surface area contributed by atoms with Crippen LogP contribution in [-0.2, 0) is 5.54 Å². The molecule has 2 saturated heterocycles. The Hall–Kier alpha value is -1.59. The van der Waals surface area contributed by atoms with Crippen LogP contribution in [0.4, 0.5) is 4.79 Å². The summed E-state index contributed by atoms with van der Waals surface area (Å²) in [5.74, 6) is 0. The first-order valence-corrected chi connectivity index (χ1v) is 9.09. The number of likely N-dealkylation sites (N-methyl/N-ethyl adjacent to an activating group) is 1. The minimum Gasteiger partial charge on any atom is -0.465 e. The van der Waals surface area contributed by atoms with Crippen molar-refractivity contribution in [2.75, 3.05) is 46.3 Å². The van der Waals surface area contributed by atoms with Crippen molar-refractivity contribution in [2.45, 2.75) is 31.2 Å². The molecule has 1 aromatic rings. The van der Waals surface area contributed by atoms with Crippen LogP contribution >= 0.6 is 0 Å². The highest BCUT2D eigenvalue weighted by atomic mass is 16.4. The van der Waals surface area contributed by atoms with Gasteiger partial charge in [-0.15, -0.1) is 0 Å². The van der Waals surface area contributed by atoms with E-state index in [0.717, 1.165) is 32.5 Å². The Kier molecular flexibility index (Phi) is 5.41. The molecule has 0 aromatic heterocycles. The van der Waals surface area contributed by atoms with E-state index in [1.165, 1.54) is 36.4 Å². The predicted molar refractivity (Wildman–Crippen MR) is 95.3 cm³/mol. The van der Waals surface area contributed by atoms with Crippen molar-refractivity contribution in [3.63, 3.8) is 0 Å². The summed E-state index contributed by atoms with van der Waals surface area (Å²) in [4.78, 5) is 17.4. The van der Waals surface area contributed by atoms with E-state index in [-0.39, 0.29) is 5.54 Å². The Morgan fingerprint density at radius 3 is 2.33 bits per heavy atom. The van der Waals surface area contributed by atoms with Gasteiger partial charge in [0.15, 0.2) is 0 Å². The third-order valence-electron chi connectivity index (χ3n) is 5.78. The Labute approximate surface area is 144 Å². The molecule has 5 nitrogen and oxygen atoms in total. The number of carbonyl (C=O) groups is 1. The Balaban J connectivity index is 1.66. The van der Waals surface area contributed by atoms with Crippen molar-refractivity contribution < 1.29 is 9.90 Å². The highest BCUT2D eigenvalue weighted by Gasteiger charge is 2.41. The maximum absolute atomic E-state index is 10.9. The fraction of sp³-hybridized carbons (Fsp3) is 0.632. The van der Waals surface area contributed by atoms with Gasteiger partial charge in [0.05, 0.1) is 0 Å². The molecule has 3 rings (SSSR count). The lowest BCUT2D eigenvalue weighted by atomic mass is 9.79. The first-order valence-electron chi connectivity index (χ1n) is 9.09. The van der Waals surface area contributed by atoms with E-state index in [1.54, 1.807) is 7.05 Å².